The van der Waals surface area contributed by atoms with Gasteiger partial charge in [-0.2, -0.15) is 5.26 Å². The molecule has 1 aromatic heterocycles. The molecule has 0 amide bonds. The van der Waals surface area contributed by atoms with Gasteiger partial charge in [0.1, 0.15) is 0 Å². The standard InChI is InChI=1S/C19H24N4/c20-9-8-16-5-2-10-22(14-16)15-19-7-3-11-23(19)18-6-1-4-17(12-18)13-21/h1,3-4,6-7,11-12,16H,2,5,8-10,14-15,20H2/t16-/m1/s1. The van der Waals surface area contributed by atoms with E-state index in [-0.39, 0.29) is 0 Å². The van der Waals surface area contributed by atoms with Crippen LogP contribution in [0.25, 0.3) is 5.69 Å². The molecule has 0 radical (unpaired) electrons. The topological polar surface area (TPSA) is 58.0 Å². The van der Waals surface area contributed by atoms with Crippen molar-refractivity contribution in [2.75, 3.05) is 19.6 Å². The molecule has 0 spiro atoms. The van der Waals surface area contributed by atoms with Crippen molar-refractivity contribution in [3.05, 3.63) is 53.9 Å². The van der Waals surface area contributed by atoms with E-state index in [0.717, 1.165) is 44.2 Å². The third-order valence-electron chi connectivity index (χ3n) is 4.65. The van der Waals surface area contributed by atoms with E-state index in [1.54, 1.807) is 0 Å². The number of rotatable bonds is 5. The quantitative estimate of drug-likeness (QED) is 0.924. The van der Waals surface area contributed by atoms with Crippen LogP contribution in [0.1, 0.15) is 30.5 Å². The highest BCUT2D eigenvalue weighted by Gasteiger charge is 2.20. The predicted molar refractivity (Wildman–Crippen MR) is 92.2 cm³/mol. The van der Waals surface area contributed by atoms with Gasteiger partial charge in [-0.3, -0.25) is 4.90 Å². The van der Waals surface area contributed by atoms with Gasteiger partial charge in [-0.15, -0.1) is 0 Å². The zero-order chi connectivity index (χ0) is 16.1. The molecule has 4 heteroatoms. The first-order valence-corrected chi connectivity index (χ1v) is 8.39. The smallest absolute Gasteiger partial charge is 0.0992 e. The first-order chi connectivity index (χ1) is 11.3. The summed E-state index contributed by atoms with van der Waals surface area (Å²) in [6.07, 6.45) is 5.77. The molecule has 3 rings (SSSR count). The fourth-order valence-corrected chi connectivity index (χ4v) is 3.52. The molecule has 1 fully saturated rings. The Kier molecular flexibility index (Phi) is 5.12. The summed E-state index contributed by atoms with van der Waals surface area (Å²) in [6.45, 7) is 4.03. The molecular formula is C19H24N4. The molecule has 0 unspecified atom stereocenters. The van der Waals surface area contributed by atoms with E-state index >= 15 is 0 Å². The van der Waals surface area contributed by atoms with Crippen LogP contribution in [0.2, 0.25) is 0 Å². The Balaban J connectivity index is 1.75. The van der Waals surface area contributed by atoms with Gasteiger partial charge in [0.15, 0.2) is 0 Å². The highest BCUT2D eigenvalue weighted by molar-refractivity contribution is 5.42. The lowest BCUT2D eigenvalue weighted by molar-refractivity contribution is 0.161. The van der Waals surface area contributed by atoms with E-state index in [1.807, 2.05) is 18.2 Å². The second kappa shape index (κ2) is 7.45. The van der Waals surface area contributed by atoms with Crippen LogP contribution in [0.15, 0.2) is 42.6 Å². The summed E-state index contributed by atoms with van der Waals surface area (Å²) in [5.41, 5.74) is 8.74. The maximum atomic E-state index is 9.09. The van der Waals surface area contributed by atoms with Gasteiger partial charge in [0, 0.05) is 30.7 Å². The second-order valence-corrected chi connectivity index (χ2v) is 6.35. The fourth-order valence-electron chi connectivity index (χ4n) is 3.52. The molecule has 0 saturated carbocycles. The molecule has 1 aromatic carbocycles. The molecule has 1 saturated heterocycles. The number of hydrogen-bond donors (Lipinski definition) is 1. The second-order valence-electron chi connectivity index (χ2n) is 6.35. The monoisotopic (exact) mass is 308 g/mol. The number of piperidine rings is 1. The SMILES string of the molecule is N#Cc1cccc(-n2cccc2CN2CCC[C@H](CCN)C2)c1. The molecule has 0 bridgehead atoms. The Morgan fingerprint density at radius 1 is 1.26 bits per heavy atom. The summed E-state index contributed by atoms with van der Waals surface area (Å²) in [6, 6.07) is 14.2. The molecule has 23 heavy (non-hydrogen) atoms. The molecule has 2 aromatic rings. The van der Waals surface area contributed by atoms with Crippen LogP contribution in [0, 0.1) is 17.2 Å². The number of hydrogen-bond acceptors (Lipinski definition) is 3. The third kappa shape index (κ3) is 3.82. The maximum absolute atomic E-state index is 9.09. The number of nitrogens with zero attached hydrogens (tertiary/aromatic N) is 3. The lowest BCUT2D eigenvalue weighted by atomic mass is 9.95. The van der Waals surface area contributed by atoms with Crippen molar-refractivity contribution in [3.8, 4) is 11.8 Å². The first kappa shape index (κ1) is 15.8. The summed E-state index contributed by atoms with van der Waals surface area (Å²) >= 11 is 0. The van der Waals surface area contributed by atoms with E-state index < -0.39 is 0 Å². The Labute approximate surface area is 138 Å². The lowest BCUT2D eigenvalue weighted by Crippen LogP contribution is -2.36. The minimum absolute atomic E-state index is 0.697. The van der Waals surface area contributed by atoms with Crippen LogP contribution in [0.3, 0.4) is 0 Å². The summed E-state index contributed by atoms with van der Waals surface area (Å²) in [5.74, 6) is 0.735. The summed E-state index contributed by atoms with van der Waals surface area (Å²) in [7, 11) is 0. The van der Waals surface area contributed by atoms with E-state index in [0.29, 0.717) is 5.56 Å². The highest BCUT2D eigenvalue weighted by Crippen LogP contribution is 2.22. The van der Waals surface area contributed by atoms with Crippen LogP contribution < -0.4 is 5.73 Å². The third-order valence-corrected chi connectivity index (χ3v) is 4.65. The molecule has 2 heterocycles. The number of nitriles is 1. The molecule has 1 aliphatic rings. The van der Waals surface area contributed by atoms with Crippen molar-refractivity contribution in [1.82, 2.24) is 9.47 Å². The molecule has 4 nitrogen and oxygen atoms in total. The Bertz CT molecular complexity index is 681. The molecular weight excluding hydrogens is 284 g/mol. The minimum Gasteiger partial charge on any atom is -0.330 e. The highest BCUT2D eigenvalue weighted by atomic mass is 15.2. The zero-order valence-electron chi connectivity index (χ0n) is 13.5. The van der Waals surface area contributed by atoms with Gasteiger partial charge < -0.3 is 10.3 Å². The van der Waals surface area contributed by atoms with E-state index in [9.17, 15) is 0 Å². The van der Waals surface area contributed by atoms with E-state index in [2.05, 4.69) is 39.9 Å². The molecule has 2 N–H and O–H groups in total. The van der Waals surface area contributed by atoms with E-state index in [4.69, 9.17) is 11.0 Å². The van der Waals surface area contributed by atoms with Crippen molar-refractivity contribution in [2.24, 2.45) is 11.7 Å². The van der Waals surface area contributed by atoms with Crippen molar-refractivity contribution in [1.29, 1.82) is 5.26 Å². The minimum atomic E-state index is 0.697. The molecule has 120 valence electrons. The van der Waals surface area contributed by atoms with E-state index in [1.165, 1.54) is 18.5 Å². The van der Waals surface area contributed by atoms with Crippen molar-refractivity contribution >= 4 is 0 Å². The lowest BCUT2D eigenvalue weighted by Gasteiger charge is -2.32. The van der Waals surface area contributed by atoms with Gasteiger partial charge in [-0.05, 0) is 68.6 Å². The largest absolute Gasteiger partial charge is 0.330 e. The van der Waals surface area contributed by atoms with Crippen LogP contribution in [0.4, 0.5) is 0 Å². The summed E-state index contributed by atoms with van der Waals surface area (Å²) in [5, 5.41) is 9.09. The number of likely N-dealkylation sites (tertiary alicyclic amines) is 1. The summed E-state index contributed by atoms with van der Waals surface area (Å²) < 4.78 is 2.19. The zero-order valence-corrected chi connectivity index (χ0v) is 13.5. The Hall–Kier alpha value is -2.09. The van der Waals surface area contributed by atoms with Gasteiger partial charge in [0.2, 0.25) is 0 Å². The van der Waals surface area contributed by atoms with Gasteiger partial charge in [0.05, 0.1) is 11.6 Å². The van der Waals surface area contributed by atoms with Gasteiger partial charge in [-0.1, -0.05) is 6.07 Å². The number of benzene rings is 1. The number of nitrogens with two attached hydrogens (primary N) is 1. The van der Waals surface area contributed by atoms with Crippen molar-refractivity contribution < 1.29 is 0 Å². The van der Waals surface area contributed by atoms with Crippen LogP contribution in [0.5, 0.6) is 0 Å². The average molecular weight is 308 g/mol. The van der Waals surface area contributed by atoms with Crippen LogP contribution in [-0.2, 0) is 6.54 Å². The van der Waals surface area contributed by atoms with Crippen molar-refractivity contribution in [2.45, 2.75) is 25.8 Å². The maximum Gasteiger partial charge on any atom is 0.0992 e. The van der Waals surface area contributed by atoms with Crippen LogP contribution in [-0.4, -0.2) is 29.1 Å². The van der Waals surface area contributed by atoms with Gasteiger partial charge in [0.25, 0.3) is 0 Å². The Morgan fingerprint density at radius 2 is 2.17 bits per heavy atom. The normalized spacial score (nSPS) is 18.7. The van der Waals surface area contributed by atoms with Crippen molar-refractivity contribution in [3.63, 3.8) is 0 Å². The van der Waals surface area contributed by atoms with Crippen LogP contribution >= 0.6 is 0 Å². The molecule has 1 aliphatic heterocycles. The molecule has 0 aliphatic carbocycles. The average Bonchev–Trinajstić information content (AvgIpc) is 3.04. The first-order valence-electron chi connectivity index (χ1n) is 8.39. The molecule has 1 atom stereocenters. The predicted octanol–water partition coefficient (Wildman–Crippen LogP) is 2.91. The fraction of sp³-hybridized carbons (Fsp3) is 0.421. The van der Waals surface area contributed by atoms with Gasteiger partial charge >= 0.3 is 0 Å². The summed E-state index contributed by atoms with van der Waals surface area (Å²) in [4.78, 5) is 2.53. The van der Waals surface area contributed by atoms with Gasteiger partial charge in [-0.25, -0.2) is 0 Å². The number of aromatic nitrogens is 1. The Morgan fingerprint density at radius 3 is 3.00 bits per heavy atom.